The number of carbonyl (C=O) groups is 1. The summed E-state index contributed by atoms with van der Waals surface area (Å²) in [7, 11) is 1.63. The van der Waals surface area contributed by atoms with Crippen molar-refractivity contribution in [3.05, 3.63) is 0 Å². The lowest BCUT2D eigenvalue weighted by Crippen LogP contribution is -2.49. The molecule has 1 fully saturated rings. The van der Waals surface area contributed by atoms with Crippen molar-refractivity contribution in [2.24, 2.45) is 10.9 Å². The molecular weight excluding hydrogens is 246 g/mol. The van der Waals surface area contributed by atoms with Crippen LogP contribution in [0.15, 0.2) is 4.99 Å². The number of hydrogen-bond acceptors (Lipinski definition) is 4. The number of nitrogens with zero attached hydrogens (tertiary/aromatic N) is 2. The molecule has 0 aliphatic carbocycles. The van der Waals surface area contributed by atoms with E-state index in [2.05, 4.69) is 10.3 Å². The minimum Gasteiger partial charge on any atom is -0.444 e. The molecule has 1 aliphatic heterocycles. The summed E-state index contributed by atoms with van der Waals surface area (Å²) < 4.78 is 5.21. The third-order valence-corrected chi connectivity index (χ3v) is 2.90. The Hall–Kier alpha value is -1.30. The molecule has 0 aromatic heterocycles. The third-order valence-electron chi connectivity index (χ3n) is 2.90. The molecule has 1 saturated heterocycles. The average molecular weight is 271 g/mol. The lowest BCUT2D eigenvalue weighted by atomic mass is 9.99. The topological polar surface area (TPSA) is 74.2 Å². The van der Waals surface area contributed by atoms with Gasteiger partial charge in [0.05, 0.1) is 0 Å². The lowest BCUT2D eigenvalue weighted by Gasteiger charge is -2.34. The van der Waals surface area contributed by atoms with Crippen LogP contribution in [0.25, 0.3) is 0 Å². The lowest BCUT2D eigenvalue weighted by molar-refractivity contribution is 0.0552. The zero-order valence-electron chi connectivity index (χ0n) is 12.3. The first-order valence-corrected chi connectivity index (χ1v) is 6.68. The van der Waals surface area contributed by atoms with Crippen LogP contribution in [0.5, 0.6) is 0 Å². The van der Waals surface area contributed by atoms with Crippen LogP contribution in [-0.2, 0) is 4.74 Å². The Labute approximate surface area is 114 Å². The maximum Gasteiger partial charge on any atom is 0.414 e. The Kier molecular flexibility index (Phi) is 5.60. The molecule has 1 atom stereocenters. The van der Waals surface area contributed by atoms with Crippen LogP contribution in [0.1, 0.15) is 33.6 Å². The molecule has 1 rings (SSSR count). The summed E-state index contributed by atoms with van der Waals surface area (Å²) in [6, 6.07) is 0. The number of rotatable bonds is 1. The minimum absolute atomic E-state index is 0.167. The molecule has 6 heteroatoms. The standard InChI is InChI=1S/C13H25N3O3/c1-13(2,3)19-12(18)15-11(14-4)16-7-5-6-10(8-16)9-17/h10,17H,5-9H2,1-4H3,(H,14,15,18). The summed E-state index contributed by atoms with van der Waals surface area (Å²) in [6.07, 6.45) is 1.50. The monoisotopic (exact) mass is 271 g/mol. The molecule has 110 valence electrons. The van der Waals surface area contributed by atoms with E-state index < -0.39 is 11.7 Å². The predicted octanol–water partition coefficient (Wildman–Crippen LogP) is 1.20. The van der Waals surface area contributed by atoms with Crippen molar-refractivity contribution >= 4 is 12.1 Å². The van der Waals surface area contributed by atoms with Crippen molar-refractivity contribution in [2.75, 3.05) is 26.7 Å². The summed E-state index contributed by atoms with van der Waals surface area (Å²) in [4.78, 5) is 17.8. The van der Waals surface area contributed by atoms with Crippen LogP contribution in [0.4, 0.5) is 4.79 Å². The third kappa shape index (κ3) is 5.46. The highest BCUT2D eigenvalue weighted by Gasteiger charge is 2.24. The zero-order valence-corrected chi connectivity index (χ0v) is 12.3. The zero-order chi connectivity index (χ0) is 14.5. The number of aliphatic hydroxyl groups is 1. The van der Waals surface area contributed by atoms with E-state index in [1.165, 1.54) is 0 Å². The van der Waals surface area contributed by atoms with Crippen molar-refractivity contribution in [3.63, 3.8) is 0 Å². The molecule has 0 bridgehead atoms. The number of piperidine rings is 1. The number of ether oxygens (including phenoxy) is 1. The van der Waals surface area contributed by atoms with Gasteiger partial charge < -0.3 is 14.7 Å². The molecule has 6 nitrogen and oxygen atoms in total. The Balaban J connectivity index is 2.56. The Bertz CT molecular complexity index is 337. The second kappa shape index (κ2) is 6.75. The highest BCUT2D eigenvalue weighted by molar-refractivity contribution is 5.94. The van der Waals surface area contributed by atoms with Crippen molar-refractivity contribution in [1.82, 2.24) is 10.2 Å². The highest BCUT2D eigenvalue weighted by Crippen LogP contribution is 2.16. The fraction of sp³-hybridized carbons (Fsp3) is 0.846. The number of likely N-dealkylation sites (tertiary alicyclic amines) is 1. The first-order valence-electron chi connectivity index (χ1n) is 6.68. The number of amides is 1. The van der Waals surface area contributed by atoms with Gasteiger partial charge >= 0.3 is 6.09 Å². The first kappa shape index (κ1) is 15.8. The minimum atomic E-state index is -0.529. The second-order valence-electron chi connectivity index (χ2n) is 5.81. The molecule has 1 unspecified atom stereocenters. The van der Waals surface area contributed by atoms with Gasteiger partial charge in [-0.25, -0.2) is 4.79 Å². The highest BCUT2D eigenvalue weighted by atomic mass is 16.6. The average Bonchev–Trinajstić information content (AvgIpc) is 2.34. The Morgan fingerprint density at radius 2 is 2.21 bits per heavy atom. The fourth-order valence-corrected chi connectivity index (χ4v) is 2.08. The molecule has 0 spiro atoms. The van der Waals surface area contributed by atoms with Crippen molar-refractivity contribution in [3.8, 4) is 0 Å². The summed E-state index contributed by atoms with van der Waals surface area (Å²) >= 11 is 0. The van der Waals surface area contributed by atoms with Gasteiger partial charge in [0.2, 0.25) is 5.96 Å². The number of aliphatic imine (C=N–C) groups is 1. The van der Waals surface area contributed by atoms with E-state index in [9.17, 15) is 9.90 Å². The van der Waals surface area contributed by atoms with Crippen LogP contribution in [0.3, 0.4) is 0 Å². The van der Waals surface area contributed by atoms with Crippen molar-refractivity contribution in [1.29, 1.82) is 0 Å². The number of aliphatic hydroxyl groups excluding tert-OH is 1. The molecule has 0 aromatic carbocycles. The van der Waals surface area contributed by atoms with Gasteiger partial charge in [-0.15, -0.1) is 0 Å². The molecule has 0 aromatic rings. The van der Waals surface area contributed by atoms with E-state index in [1.54, 1.807) is 7.05 Å². The summed E-state index contributed by atoms with van der Waals surface area (Å²) in [5.74, 6) is 0.748. The van der Waals surface area contributed by atoms with E-state index in [0.717, 1.165) is 19.4 Å². The van der Waals surface area contributed by atoms with E-state index in [0.29, 0.717) is 12.5 Å². The number of alkyl carbamates (subject to hydrolysis) is 1. The maximum absolute atomic E-state index is 11.7. The van der Waals surface area contributed by atoms with Crippen molar-refractivity contribution < 1.29 is 14.6 Å². The molecule has 1 amide bonds. The van der Waals surface area contributed by atoms with Crippen molar-refractivity contribution in [2.45, 2.75) is 39.2 Å². The van der Waals surface area contributed by atoms with E-state index in [-0.39, 0.29) is 12.5 Å². The fourth-order valence-electron chi connectivity index (χ4n) is 2.08. The smallest absolute Gasteiger partial charge is 0.414 e. The first-order chi connectivity index (χ1) is 8.85. The van der Waals surface area contributed by atoms with Crippen LogP contribution in [-0.4, -0.2) is 54.4 Å². The van der Waals surface area contributed by atoms with E-state index >= 15 is 0 Å². The number of guanidine groups is 1. The number of nitrogens with one attached hydrogen (secondary N) is 1. The Morgan fingerprint density at radius 3 is 2.74 bits per heavy atom. The maximum atomic E-state index is 11.7. The second-order valence-corrected chi connectivity index (χ2v) is 5.81. The van der Waals surface area contributed by atoms with Gasteiger partial charge in [0.1, 0.15) is 5.60 Å². The Morgan fingerprint density at radius 1 is 1.53 bits per heavy atom. The predicted molar refractivity (Wildman–Crippen MR) is 74.1 cm³/mol. The molecule has 1 aliphatic rings. The van der Waals surface area contributed by atoms with Gasteiger partial charge in [-0.1, -0.05) is 0 Å². The summed E-state index contributed by atoms with van der Waals surface area (Å²) in [5, 5.41) is 11.9. The van der Waals surface area contributed by atoms with Crippen LogP contribution in [0.2, 0.25) is 0 Å². The quantitative estimate of drug-likeness (QED) is 0.555. The molecule has 1 heterocycles. The van der Waals surface area contributed by atoms with Gasteiger partial charge in [-0.2, -0.15) is 0 Å². The van der Waals surface area contributed by atoms with Gasteiger partial charge in [0, 0.05) is 26.7 Å². The van der Waals surface area contributed by atoms with Crippen LogP contribution in [0, 0.1) is 5.92 Å². The van der Waals surface area contributed by atoms with E-state index in [4.69, 9.17) is 4.74 Å². The normalized spacial score (nSPS) is 21.2. The molecule has 0 radical (unpaired) electrons. The van der Waals surface area contributed by atoms with E-state index in [1.807, 2.05) is 25.7 Å². The summed E-state index contributed by atoms with van der Waals surface area (Å²) in [5.41, 5.74) is -0.529. The van der Waals surface area contributed by atoms with Gasteiger partial charge in [-0.3, -0.25) is 10.3 Å². The number of carbonyl (C=O) groups excluding carboxylic acids is 1. The van der Waals surface area contributed by atoms with Gasteiger partial charge in [-0.05, 0) is 39.5 Å². The SMILES string of the molecule is CN=C(NC(=O)OC(C)(C)C)N1CCCC(CO)C1. The number of hydrogen-bond donors (Lipinski definition) is 2. The largest absolute Gasteiger partial charge is 0.444 e. The van der Waals surface area contributed by atoms with Gasteiger partial charge in [0.25, 0.3) is 0 Å². The van der Waals surface area contributed by atoms with Crippen LogP contribution < -0.4 is 5.32 Å². The van der Waals surface area contributed by atoms with Crippen LogP contribution >= 0.6 is 0 Å². The molecular formula is C13H25N3O3. The molecule has 0 saturated carbocycles. The molecule has 19 heavy (non-hydrogen) atoms. The van der Waals surface area contributed by atoms with Gasteiger partial charge in [0.15, 0.2) is 0 Å². The molecule has 2 N–H and O–H groups in total. The summed E-state index contributed by atoms with van der Waals surface area (Å²) in [6.45, 7) is 7.16.